The number of amides is 1. The molecule has 152 valence electrons. The molecule has 1 amide bonds. The van der Waals surface area contributed by atoms with Crippen LogP contribution in [0, 0.1) is 0 Å². The zero-order chi connectivity index (χ0) is 20.7. The van der Waals surface area contributed by atoms with Gasteiger partial charge in [0.25, 0.3) is 5.91 Å². The number of hydrogen-bond acceptors (Lipinski definition) is 5. The molecule has 1 aromatic rings. The molecule has 0 radical (unpaired) electrons. The Labute approximate surface area is 184 Å². The second-order valence-corrected chi connectivity index (χ2v) is 9.09. The van der Waals surface area contributed by atoms with Crippen molar-refractivity contribution in [1.82, 2.24) is 0 Å². The predicted molar refractivity (Wildman–Crippen MR) is 112 cm³/mol. The van der Waals surface area contributed by atoms with Gasteiger partial charge in [0.05, 0.1) is 10.4 Å². The van der Waals surface area contributed by atoms with E-state index in [0.717, 1.165) is 17.3 Å². The van der Waals surface area contributed by atoms with Crippen molar-refractivity contribution in [2.24, 2.45) is 5.73 Å². The van der Waals surface area contributed by atoms with E-state index < -0.39 is 11.8 Å². The minimum Gasteiger partial charge on any atom is -0.482 e. The van der Waals surface area contributed by atoms with E-state index in [1.54, 1.807) is 6.07 Å². The molecule has 2 aliphatic carbocycles. The van der Waals surface area contributed by atoms with E-state index in [2.05, 4.69) is 31.9 Å². The van der Waals surface area contributed by atoms with E-state index in [1.807, 2.05) is 6.07 Å². The molecule has 0 saturated carbocycles. The normalized spacial score (nSPS) is 19.7. The van der Waals surface area contributed by atoms with Gasteiger partial charge in [0.2, 0.25) is 0 Å². The van der Waals surface area contributed by atoms with Crippen molar-refractivity contribution in [1.29, 1.82) is 0 Å². The lowest BCUT2D eigenvalue weighted by Crippen LogP contribution is -2.31. The van der Waals surface area contributed by atoms with E-state index in [9.17, 15) is 14.4 Å². The fourth-order valence-corrected chi connectivity index (χ4v) is 5.59. The number of nitrogens with two attached hydrogens (primary N) is 1. The second kappa shape index (κ2) is 8.07. The highest BCUT2D eigenvalue weighted by atomic mass is 79.9. The van der Waals surface area contributed by atoms with Crippen LogP contribution < -0.4 is 10.5 Å². The number of halogens is 2. The van der Waals surface area contributed by atoms with Crippen molar-refractivity contribution in [2.75, 3.05) is 6.61 Å². The van der Waals surface area contributed by atoms with Gasteiger partial charge < -0.3 is 15.2 Å². The van der Waals surface area contributed by atoms with Gasteiger partial charge in [0.15, 0.2) is 18.2 Å². The number of carbonyl (C=O) groups is 3. The number of rotatable bonds is 4. The maximum absolute atomic E-state index is 12.9. The SMILES string of the molecule is NC(=O)COc1c(Br)cc(Br)cc1C1C2=C(CCCC2=O)OC2=C1C(=O)CCC2. The van der Waals surface area contributed by atoms with Gasteiger partial charge in [-0.2, -0.15) is 0 Å². The van der Waals surface area contributed by atoms with Crippen LogP contribution in [0.1, 0.15) is 50.0 Å². The van der Waals surface area contributed by atoms with Crippen molar-refractivity contribution in [3.8, 4) is 5.75 Å². The summed E-state index contributed by atoms with van der Waals surface area (Å²) < 4.78 is 13.1. The average molecular weight is 525 g/mol. The zero-order valence-electron chi connectivity index (χ0n) is 15.6. The summed E-state index contributed by atoms with van der Waals surface area (Å²) in [6.07, 6.45) is 3.62. The third-order valence-electron chi connectivity index (χ3n) is 5.35. The third kappa shape index (κ3) is 3.80. The summed E-state index contributed by atoms with van der Waals surface area (Å²) >= 11 is 6.97. The smallest absolute Gasteiger partial charge is 0.255 e. The Balaban J connectivity index is 1.94. The molecule has 0 aromatic heterocycles. The molecule has 8 heteroatoms. The van der Waals surface area contributed by atoms with Gasteiger partial charge >= 0.3 is 0 Å². The number of benzene rings is 1. The molecule has 0 spiro atoms. The number of ether oxygens (including phenoxy) is 2. The maximum atomic E-state index is 12.9. The van der Waals surface area contributed by atoms with Gasteiger partial charge in [-0.05, 0) is 40.9 Å². The highest BCUT2D eigenvalue weighted by Gasteiger charge is 2.43. The van der Waals surface area contributed by atoms with E-state index in [4.69, 9.17) is 15.2 Å². The monoisotopic (exact) mass is 523 g/mol. The van der Waals surface area contributed by atoms with Crippen LogP contribution in [0.5, 0.6) is 5.75 Å². The molecule has 1 aliphatic heterocycles. The molecule has 3 aliphatic rings. The van der Waals surface area contributed by atoms with Gasteiger partial charge in [-0.1, -0.05) is 15.9 Å². The molecular formula is C21H19Br2NO5. The molecule has 0 unspecified atom stereocenters. The lowest BCUT2D eigenvalue weighted by molar-refractivity contribution is -0.120. The first-order chi connectivity index (χ1) is 13.9. The van der Waals surface area contributed by atoms with Gasteiger partial charge in [0, 0.05) is 46.9 Å². The fraction of sp³-hybridized carbons (Fsp3) is 0.381. The first kappa shape index (κ1) is 20.3. The van der Waals surface area contributed by atoms with E-state index in [0.29, 0.717) is 64.1 Å². The molecule has 0 saturated heterocycles. The molecule has 1 heterocycles. The molecule has 29 heavy (non-hydrogen) atoms. The summed E-state index contributed by atoms with van der Waals surface area (Å²) in [5.74, 6) is 0.477. The molecule has 0 fully saturated rings. The Bertz CT molecular complexity index is 953. The summed E-state index contributed by atoms with van der Waals surface area (Å²) in [6, 6.07) is 3.62. The summed E-state index contributed by atoms with van der Waals surface area (Å²) in [4.78, 5) is 37.2. The van der Waals surface area contributed by atoms with Crippen molar-refractivity contribution in [3.63, 3.8) is 0 Å². The van der Waals surface area contributed by atoms with Crippen LogP contribution in [0.15, 0.2) is 43.7 Å². The zero-order valence-corrected chi connectivity index (χ0v) is 18.7. The van der Waals surface area contributed by atoms with Gasteiger partial charge in [-0.15, -0.1) is 0 Å². The molecule has 4 rings (SSSR count). The van der Waals surface area contributed by atoms with Gasteiger partial charge in [-0.25, -0.2) is 0 Å². The second-order valence-electron chi connectivity index (χ2n) is 7.32. The molecule has 0 bridgehead atoms. The largest absolute Gasteiger partial charge is 0.482 e. The van der Waals surface area contributed by atoms with E-state index in [1.165, 1.54) is 0 Å². The Morgan fingerprint density at radius 3 is 2.17 bits per heavy atom. The van der Waals surface area contributed by atoms with Crippen molar-refractivity contribution >= 4 is 49.3 Å². The van der Waals surface area contributed by atoms with E-state index >= 15 is 0 Å². The quantitative estimate of drug-likeness (QED) is 0.636. The Hall–Kier alpha value is -1.93. The Kier molecular flexibility index (Phi) is 5.66. The van der Waals surface area contributed by atoms with Crippen LogP contribution in [0.3, 0.4) is 0 Å². The van der Waals surface area contributed by atoms with Crippen LogP contribution in [-0.2, 0) is 19.1 Å². The fourth-order valence-electron chi connectivity index (χ4n) is 4.22. The Morgan fingerprint density at radius 1 is 1.03 bits per heavy atom. The van der Waals surface area contributed by atoms with Crippen LogP contribution in [-0.4, -0.2) is 24.1 Å². The standard InChI is InChI=1S/C21H19Br2NO5/c22-10-7-11(21(12(23)8-10)28-9-17(24)27)18-19-13(25)3-1-5-15(19)29-16-6-2-4-14(26)20(16)18/h7-8,18H,1-6,9H2,(H2,24,27). The van der Waals surface area contributed by atoms with Crippen LogP contribution in [0.2, 0.25) is 0 Å². The number of allylic oxidation sites excluding steroid dienone is 4. The highest BCUT2D eigenvalue weighted by molar-refractivity contribution is 9.11. The third-order valence-corrected chi connectivity index (χ3v) is 6.39. The summed E-state index contributed by atoms with van der Waals surface area (Å²) in [5.41, 5.74) is 6.96. The first-order valence-electron chi connectivity index (χ1n) is 9.47. The number of Topliss-reactive ketones (excluding diaryl/α,β-unsaturated/α-hetero) is 2. The molecule has 1 aromatic carbocycles. The van der Waals surface area contributed by atoms with Gasteiger partial charge in [-0.3, -0.25) is 14.4 Å². The number of hydrogen-bond donors (Lipinski definition) is 1. The lowest BCUT2D eigenvalue weighted by atomic mass is 9.73. The van der Waals surface area contributed by atoms with E-state index in [-0.39, 0.29) is 18.2 Å². The van der Waals surface area contributed by atoms with Crippen molar-refractivity contribution in [3.05, 3.63) is 49.3 Å². The summed E-state index contributed by atoms with van der Waals surface area (Å²) in [5, 5.41) is 0. The minimum absolute atomic E-state index is 0.0156. The number of ketones is 2. The maximum Gasteiger partial charge on any atom is 0.255 e. The average Bonchev–Trinajstić information content (AvgIpc) is 2.65. The highest BCUT2D eigenvalue weighted by Crippen LogP contribution is 2.51. The lowest BCUT2D eigenvalue weighted by Gasteiger charge is -2.36. The number of carbonyl (C=O) groups excluding carboxylic acids is 3. The summed E-state index contributed by atoms with van der Waals surface area (Å²) in [6.45, 7) is -0.309. The topological polar surface area (TPSA) is 95.7 Å². The molecule has 2 N–H and O–H groups in total. The molecule has 0 atom stereocenters. The van der Waals surface area contributed by atoms with Crippen LogP contribution in [0.25, 0.3) is 0 Å². The van der Waals surface area contributed by atoms with Crippen molar-refractivity contribution < 1.29 is 23.9 Å². The first-order valence-corrected chi connectivity index (χ1v) is 11.1. The summed E-state index contributed by atoms with van der Waals surface area (Å²) in [7, 11) is 0. The predicted octanol–water partition coefficient (Wildman–Crippen LogP) is 4.20. The minimum atomic E-state index is -0.611. The van der Waals surface area contributed by atoms with Crippen molar-refractivity contribution in [2.45, 2.75) is 44.4 Å². The Morgan fingerprint density at radius 2 is 1.62 bits per heavy atom. The number of primary amides is 1. The van der Waals surface area contributed by atoms with Crippen LogP contribution >= 0.6 is 31.9 Å². The molecule has 6 nitrogen and oxygen atoms in total. The van der Waals surface area contributed by atoms with Gasteiger partial charge in [0.1, 0.15) is 17.3 Å². The molecular weight excluding hydrogens is 506 g/mol. The van der Waals surface area contributed by atoms with Crippen LogP contribution in [0.4, 0.5) is 0 Å².